The van der Waals surface area contributed by atoms with E-state index in [1.807, 2.05) is 0 Å². The molecule has 1 atom stereocenters. The van der Waals surface area contributed by atoms with Crippen LogP contribution in [0.5, 0.6) is 0 Å². The smallest absolute Gasteiger partial charge is 0.195 e. The molecule has 1 aliphatic rings. The molecule has 2 heterocycles. The SMILES string of the molecule is CC(C)c1n[nH]c(=S)n1C(C)CN1CCCC1. The Bertz CT molecular complexity index is 414. The molecular formula is C12H22N4S. The van der Waals surface area contributed by atoms with E-state index < -0.39 is 0 Å². The lowest BCUT2D eigenvalue weighted by molar-refractivity contribution is 0.282. The molecule has 1 unspecified atom stereocenters. The van der Waals surface area contributed by atoms with Crippen LogP contribution in [0.15, 0.2) is 0 Å². The van der Waals surface area contributed by atoms with Gasteiger partial charge in [-0.3, -0.25) is 9.67 Å². The second kappa shape index (κ2) is 5.31. The van der Waals surface area contributed by atoms with E-state index in [1.54, 1.807) is 0 Å². The molecule has 0 saturated carbocycles. The van der Waals surface area contributed by atoms with Crippen LogP contribution in [0.2, 0.25) is 0 Å². The molecule has 2 rings (SSSR count). The number of aromatic amines is 1. The summed E-state index contributed by atoms with van der Waals surface area (Å²) in [7, 11) is 0. The van der Waals surface area contributed by atoms with Gasteiger partial charge in [0.15, 0.2) is 4.77 Å². The number of nitrogens with zero attached hydrogens (tertiary/aromatic N) is 3. The Morgan fingerprint density at radius 3 is 2.53 bits per heavy atom. The van der Waals surface area contributed by atoms with E-state index in [2.05, 4.69) is 40.4 Å². The maximum atomic E-state index is 5.34. The van der Waals surface area contributed by atoms with Crippen LogP contribution >= 0.6 is 12.2 Å². The van der Waals surface area contributed by atoms with Crippen LogP contribution in [-0.2, 0) is 0 Å². The van der Waals surface area contributed by atoms with Crippen molar-refractivity contribution in [2.24, 2.45) is 0 Å². The molecule has 1 N–H and O–H groups in total. The standard InChI is InChI=1S/C12H22N4S/c1-9(2)11-13-14-12(17)16(11)10(3)8-15-6-4-5-7-15/h9-10H,4-8H2,1-3H3,(H,14,17). The summed E-state index contributed by atoms with van der Waals surface area (Å²) >= 11 is 5.34. The van der Waals surface area contributed by atoms with Gasteiger partial charge in [-0.25, -0.2) is 0 Å². The van der Waals surface area contributed by atoms with Gasteiger partial charge in [-0.05, 0) is 45.1 Å². The topological polar surface area (TPSA) is 36.9 Å². The van der Waals surface area contributed by atoms with E-state index in [0.717, 1.165) is 17.1 Å². The van der Waals surface area contributed by atoms with Crippen molar-refractivity contribution in [3.8, 4) is 0 Å². The molecule has 96 valence electrons. The van der Waals surface area contributed by atoms with Gasteiger partial charge in [0.2, 0.25) is 0 Å². The van der Waals surface area contributed by atoms with Crippen molar-refractivity contribution < 1.29 is 0 Å². The highest BCUT2D eigenvalue weighted by atomic mass is 32.1. The molecule has 0 radical (unpaired) electrons. The van der Waals surface area contributed by atoms with Gasteiger partial charge in [-0.15, -0.1) is 0 Å². The minimum atomic E-state index is 0.400. The maximum Gasteiger partial charge on any atom is 0.195 e. The van der Waals surface area contributed by atoms with Crippen molar-refractivity contribution in [1.82, 2.24) is 19.7 Å². The highest BCUT2D eigenvalue weighted by Gasteiger charge is 2.19. The van der Waals surface area contributed by atoms with E-state index in [1.165, 1.54) is 25.9 Å². The third kappa shape index (κ3) is 2.77. The largest absolute Gasteiger partial charge is 0.301 e. The summed E-state index contributed by atoms with van der Waals surface area (Å²) in [6.45, 7) is 10.1. The Morgan fingerprint density at radius 2 is 1.94 bits per heavy atom. The van der Waals surface area contributed by atoms with Crippen molar-refractivity contribution in [3.63, 3.8) is 0 Å². The van der Waals surface area contributed by atoms with E-state index in [-0.39, 0.29) is 0 Å². The van der Waals surface area contributed by atoms with Gasteiger partial charge < -0.3 is 4.90 Å². The molecule has 0 spiro atoms. The number of nitrogens with one attached hydrogen (secondary N) is 1. The van der Waals surface area contributed by atoms with Crippen LogP contribution < -0.4 is 0 Å². The molecule has 1 fully saturated rings. The zero-order valence-corrected chi connectivity index (χ0v) is 11.8. The first kappa shape index (κ1) is 12.8. The van der Waals surface area contributed by atoms with Gasteiger partial charge in [0.1, 0.15) is 5.82 Å². The van der Waals surface area contributed by atoms with Crippen LogP contribution in [0.3, 0.4) is 0 Å². The monoisotopic (exact) mass is 254 g/mol. The second-order valence-electron chi connectivity index (χ2n) is 5.27. The van der Waals surface area contributed by atoms with Crippen LogP contribution in [0.25, 0.3) is 0 Å². The van der Waals surface area contributed by atoms with Crippen LogP contribution in [-0.4, -0.2) is 39.3 Å². The summed E-state index contributed by atoms with van der Waals surface area (Å²) in [5.74, 6) is 1.48. The number of hydrogen-bond acceptors (Lipinski definition) is 3. The van der Waals surface area contributed by atoms with Crippen LogP contribution in [0, 0.1) is 4.77 Å². The molecular weight excluding hydrogens is 232 g/mol. The fourth-order valence-corrected chi connectivity index (χ4v) is 2.89. The Balaban J connectivity index is 2.14. The van der Waals surface area contributed by atoms with Gasteiger partial charge in [0, 0.05) is 18.5 Å². The Labute approximate surface area is 108 Å². The van der Waals surface area contributed by atoms with Gasteiger partial charge in [0.25, 0.3) is 0 Å². The molecule has 4 nitrogen and oxygen atoms in total. The summed E-state index contributed by atoms with van der Waals surface area (Å²) in [6.07, 6.45) is 2.67. The van der Waals surface area contributed by atoms with Crippen molar-refractivity contribution >= 4 is 12.2 Å². The van der Waals surface area contributed by atoms with Gasteiger partial charge in [-0.2, -0.15) is 5.10 Å². The fourth-order valence-electron chi connectivity index (χ4n) is 2.57. The van der Waals surface area contributed by atoms with Crippen molar-refractivity contribution in [3.05, 3.63) is 10.6 Å². The average molecular weight is 254 g/mol. The lowest BCUT2D eigenvalue weighted by atomic mass is 10.2. The molecule has 0 aliphatic carbocycles. The zero-order chi connectivity index (χ0) is 12.4. The van der Waals surface area contributed by atoms with Crippen LogP contribution in [0.4, 0.5) is 0 Å². The minimum Gasteiger partial charge on any atom is -0.301 e. The molecule has 1 aromatic heterocycles. The molecule has 0 amide bonds. The summed E-state index contributed by atoms with van der Waals surface area (Å²) < 4.78 is 2.93. The normalized spacial score (nSPS) is 19.1. The van der Waals surface area contributed by atoms with E-state index in [4.69, 9.17) is 12.2 Å². The number of likely N-dealkylation sites (tertiary alicyclic amines) is 1. The Hall–Kier alpha value is -0.680. The molecule has 1 saturated heterocycles. The fraction of sp³-hybridized carbons (Fsp3) is 0.833. The Morgan fingerprint density at radius 1 is 1.29 bits per heavy atom. The minimum absolute atomic E-state index is 0.400. The molecule has 5 heteroatoms. The first-order valence-corrected chi connectivity index (χ1v) is 6.89. The summed E-state index contributed by atoms with van der Waals surface area (Å²) in [4.78, 5) is 2.52. The third-order valence-corrected chi connectivity index (χ3v) is 3.70. The lowest BCUT2D eigenvalue weighted by Crippen LogP contribution is -2.28. The van der Waals surface area contributed by atoms with Crippen molar-refractivity contribution in [1.29, 1.82) is 0 Å². The van der Waals surface area contributed by atoms with E-state index in [0.29, 0.717) is 12.0 Å². The van der Waals surface area contributed by atoms with E-state index >= 15 is 0 Å². The molecule has 0 aromatic carbocycles. The summed E-state index contributed by atoms with van der Waals surface area (Å²) in [6, 6.07) is 0.400. The first-order valence-electron chi connectivity index (χ1n) is 6.48. The predicted molar refractivity (Wildman–Crippen MR) is 71.9 cm³/mol. The summed E-state index contributed by atoms with van der Waals surface area (Å²) in [5, 5.41) is 7.26. The van der Waals surface area contributed by atoms with Crippen LogP contribution in [0.1, 0.15) is 51.4 Å². The van der Waals surface area contributed by atoms with Crippen molar-refractivity contribution in [2.45, 2.75) is 45.6 Å². The summed E-state index contributed by atoms with van der Waals surface area (Å²) in [5.41, 5.74) is 0. The third-order valence-electron chi connectivity index (χ3n) is 3.41. The first-order chi connectivity index (χ1) is 8.09. The van der Waals surface area contributed by atoms with Crippen molar-refractivity contribution in [2.75, 3.05) is 19.6 Å². The van der Waals surface area contributed by atoms with Gasteiger partial charge in [-0.1, -0.05) is 13.8 Å². The van der Waals surface area contributed by atoms with Gasteiger partial charge >= 0.3 is 0 Å². The maximum absolute atomic E-state index is 5.34. The quantitative estimate of drug-likeness (QED) is 0.839. The number of rotatable bonds is 4. The zero-order valence-electron chi connectivity index (χ0n) is 10.9. The Kier molecular flexibility index (Phi) is 3.99. The number of hydrogen-bond donors (Lipinski definition) is 1. The molecule has 0 bridgehead atoms. The number of aromatic nitrogens is 3. The van der Waals surface area contributed by atoms with Gasteiger partial charge in [0.05, 0.1) is 0 Å². The number of H-pyrrole nitrogens is 1. The lowest BCUT2D eigenvalue weighted by Gasteiger charge is -2.23. The second-order valence-corrected chi connectivity index (χ2v) is 5.66. The predicted octanol–water partition coefficient (Wildman–Crippen LogP) is 2.72. The highest BCUT2D eigenvalue weighted by molar-refractivity contribution is 7.71. The average Bonchev–Trinajstić information content (AvgIpc) is 2.86. The molecule has 17 heavy (non-hydrogen) atoms. The molecule has 1 aromatic rings. The van der Waals surface area contributed by atoms with E-state index in [9.17, 15) is 0 Å². The highest BCUT2D eigenvalue weighted by Crippen LogP contribution is 2.19. The molecule has 1 aliphatic heterocycles.